The predicted octanol–water partition coefficient (Wildman–Crippen LogP) is 5.10. The van der Waals surface area contributed by atoms with Gasteiger partial charge in [-0.05, 0) is 36.1 Å². The first-order valence-electron chi connectivity index (χ1n) is 6.54. The van der Waals surface area contributed by atoms with E-state index in [-0.39, 0.29) is 5.56 Å². The van der Waals surface area contributed by atoms with Gasteiger partial charge < -0.3 is 5.73 Å². The quantitative estimate of drug-likeness (QED) is 0.809. The molecule has 2 aromatic rings. The molecule has 0 heterocycles. The van der Waals surface area contributed by atoms with Crippen molar-refractivity contribution in [1.82, 2.24) is 0 Å². The Morgan fingerprint density at radius 3 is 2.33 bits per heavy atom. The van der Waals surface area contributed by atoms with Gasteiger partial charge in [-0.3, -0.25) is 0 Å². The summed E-state index contributed by atoms with van der Waals surface area (Å²) in [5.41, 5.74) is 6.51. The van der Waals surface area contributed by atoms with Crippen molar-refractivity contribution < 1.29 is 13.2 Å². The third kappa shape index (κ3) is 4.32. The minimum Gasteiger partial charge on any atom is -0.324 e. The second kappa shape index (κ2) is 6.62. The fourth-order valence-electron chi connectivity index (χ4n) is 2.22. The van der Waals surface area contributed by atoms with Crippen LogP contribution in [0.15, 0.2) is 53.0 Å². The van der Waals surface area contributed by atoms with E-state index >= 15 is 0 Å². The van der Waals surface area contributed by atoms with Gasteiger partial charge >= 0.3 is 6.18 Å². The Labute approximate surface area is 130 Å². The standard InChI is InChI=1S/C16H15BrF3N/c17-12-7-8-13(14(10-12)16(18,19)20)15(21)9-6-11-4-2-1-3-5-11/h1-5,7-8,10,15H,6,9,21H2. The maximum absolute atomic E-state index is 13.1. The average Bonchev–Trinajstić information content (AvgIpc) is 2.45. The Kier molecular flexibility index (Phi) is 5.06. The van der Waals surface area contributed by atoms with E-state index in [4.69, 9.17) is 5.73 Å². The summed E-state index contributed by atoms with van der Waals surface area (Å²) in [4.78, 5) is 0. The van der Waals surface area contributed by atoms with Gasteiger partial charge in [0.15, 0.2) is 0 Å². The average molecular weight is 358 g/mol. The van der Waals surface area contributed by atoms with Crippen LogP contribution in [-0.2, 0) is 12.6 Å². The molecule has 0 bridgehead atoms. The molecule has 0 aromatic heterocycles. The molecule has 1 atom stereocenters. The van der Waals surface area contributed by atoms with Gasteiger partial charge in [0.2, 0.25) is 0 Å². The van der Waals surface area contributed by atoms with Gasteiger partial charge in [0.05, 0.1) is 5.56 Å². The van der Waals surface area contributed by atoms with Gasteiger partial charge in [-0.25, -0.2) is 0 Å². The number of hydrogen-bond acceptors (Lipinski definition) is 1. The van der Waals surface area contributed by atoms with Crippen LogP contribution in [0.25, 0.3) is 0 Å². The molecule has 2 N–H and O–H groups in total. The Morgan fingerprint density at radius 2 is 1.71 bits per heavy atom. The second-order valence-corrected chi connectivity index (χ2v) is 5.78. The lowest BCUT2D eigenvalue weighted by Gasteiger charge is -2.18. The van der Waals surface area contributed by atoms with Crippen molar-refractivity contribution in [3.63, 3.8) is 0 Å². The molecule has 1 nitrogen and oxygen atoms in total. The molecule has 0 fully saturated rings. The highest BCUT2D eigenvalue weighted by atomic mass is 79.9. The predicted molar refractivity (Wildman–Crippen MR) is 80.8 cm³/mol. The molecule has 0 spiro atoms. The van der Waals surface area contributed by atoms with Crippen LogP contribution >= 0.6 is 15.9 Å². The fraction of sp³-hybridized carbons (Fsp3) is 0.250. The van der Waals surface area contributed by atoms with Crippen LogP contribution in [-0.4, -0.2) is 0 Å². The summed E-state index contributed by atoms with van der Waals surface area (Å²) in [6.45, 7) is 0. The summed E-state index contributed by atoms with van der Waals surface area (Å²) in [6.07, 6.45) is -3.28. The monoisotopic (exact) mass is 357 g/mol. The molecule has 0 radical (unpaired) electrons. The first kappa shape index (κ1) is 16.0. The van der Waals surface area contributed by atoms with Crippen molar-refractivity contribution in [1.29, 1.82) is 0 Å². The van der Waals surface area contributed by atoms with Crippen LogP contribution in [0, 0.1) is 0 Å². The molecule has 112 valence electrons. The van der Waals surface area contributed by atoms with Crippen LogP contribution in [0.3, 0.4) is 0 Å². The van der Waals surface area contributed by atoms with Crippen molar-refractivity contribution in [2.24, 2.45) is 5.73 Å². The normalized spacial score (nSPS) is 13.2. The Balaban J connectivity index is 2.17. The largest absolute Gasteiger partial charge is 0.416 e. The molecule has 0 aliphatic carbocycles. The summed E-state index contributed by atoms with van der Waals surface area (Å²) in [7, 11) is 0. The molecule has 0 saturated heterocycles. The molecule has 0 amide bonds. The number of hydrogen-bond donors (Lipinski definition) is 1. The minimum absolute atomic E-state index is 0.140. The smallest absolute Gasteiger partial charge is 0.324 e. The first-order chi connectivity index (χ1) is 9.88. The third-order valence-electron chi connectivity index (χ3n) is 3.31. The van der Waals surface area contributed by atoms with Crippen molar-refractivity contribution in [3.05, 3.63) is 69.7 Å². The fourth-order valence-corrected chi connectivity index (χ4v) is 2.58. The number of alkyl halides is 3. The van der Waals surface area contributed by atoms with Crippen LogP contribution in [0.4, 0.5) is 13.2 Å². The maximum atomic E-state index is 13.1. The minimum atomic E-state index is -4.40. The van der Waals surface area contributed by atoms with Gasteiger partial charge in [0.1, 0.15) is 0 Å². The van der Waals surface area contributed by atoms with Crippen LogP contribution in [0.5, 0.6) is 0 Å². The van der Waals surface area contributed by atoms with Crippen molar-refractivity contribution in [2.45, 2.75) is 25.1 Å². The number of aryl methyl sites for hydroxylation is 1. The first-order valence-corrected chi connectivity index (χ1v) is 7.33. The number of halogens is 4. The Morgan fingerprint density at radius 1 is 1.05 bits per heavy atom. The van der Waals surface area contributed by atoms with Crippen molar-refractivity contribution in [3.8, 4) is 0 Å². The number of nitrogens with two attached hydrogens (primary N) is 1. The Bertz CT molecular complexity index is 596. The van der Waals surface area contributed by atoms with Crippen LogP contribution < -0.4 is 5.73 Å². The van der Waals surface area contributed by atoms with E-state index in [9.17, 15) is 13.2 Å². The molecule has 2 aromatic carbocycles. The highest BCUT2D eigenvalue weighted by Crippen LogP contribution is 2.36. The van der Waals surface area contributed by atoms with Gasteiger partial charge in [-0.15, -0.1) is 0 Å². The van der Waals surface area contributed by atoms with E-state index in [1.165, 1.54) is 6.07 Å². The van der Waals surface area contributed by atoms with Gasteiger partial charge in [-0.2, -0.15) is 13.2 Å². The maximum Gasteiger partial charge on any atom is 0.416 e. The lowest BCUT2D eigenvalue weighted by molar-refractivity contribution is -0.138. The summed E-state index contributed by atoms with van der Waals surface area (Å²) in [5, 5.41) is 0. The third-order valence-corrected chi connectivity index (χ3v) is 3.80. The highest BCUT2D eigenvalue weighted by Gasteiger charge is 2.34. The van der Waals surface area contributed by atoms with E-state index < -0.39 is 17.8 Å². The van der Waals surface area contributed by atoms with E-state index in [1.807, 2.05) is 30.3 Å². The molecule has 0 saturated carbocycles. The second-order valence-electron chi connectivity index (χ2n) is 4.86. The molecular formula is C16H15BrF3N. The highest BCUT2D eigenvalue weighted by molar-refractivity contribution is 9.10. The summed E-state index contributed by atoms with van der Waals surface area (Å²) >= 11 is 3.07. The van der Waals surface area contributed by atoms with E-state index in [1.54, 1.807) is 6.07 Å². The molecular weight excluding hydrogens is 343 g/mol. The lowest BCUT2D eigenvalue weighted by atomic mass is 9.95. The van der Waals surface area contributed by atoms with Gasteiger partial charge in [0.25, 0.3) is 0 Å². The SMILES string of the molecule is NC(CCc1ccccc1)c1ccc(Br)cc1C(F)(F)F. The number of benzene rings is 2. The molecule has 2 rings (SSSR count). The number of rotatable bonds is 4. The molecule has 1 unspecified atom stereocenters. The summed E-state index contributed by atoms with van der Waals surface area (Å²) in [5.74, 6) is 0. The molecule has 0 aliphatic rings. The summed E-state index contributed by atoms with van der Waals surface area (Å²) < 4.78 is 39.6. The van der Waals surface area contributed by atoms with E-state index in [0.29, 0.717) is 17.3 Å². The van der Waals surface area contributed by atoms with E-state index in [2.05, 4.69) is 15.9 Å². The zero-order valence-electron chi connectivity index (χ0n) is 11.2. The molecule has 21 heavy (non-hydrogen) atoms. The van der Waals surface area contributed by atoms with E-state index in [0.717, 1.165) is 11.6 Å². The molecule has 5 heteroatoms. The van der Waals surface area contributed by atoms with Crippen molar-refractivity contribution >= 4 is 15.9 Å². The van der Waals surface area contributed by atoms with Gasteiger partial charge in [-0.1, -0.05) is 52.3 Å². The molecule has 0 aliphatic heterocycles. The lowest BCUT2D eigenvalue weighted by Crippen LogP contribution is -2.18. The zero-order valence-corrected chi connectivity index (χ0v) is 12.8. The Hall–Kier alpha value is -1.33. The van der Waals surface area contributed by atoms with Crippen LogP contribution in [0.1, 0.15) is 29.2 Å². The zero-order chi connectivity index (χ0) is 15.5. The summed E-state index contributed by atoms with van der Waals surface area (Å²) in [6, 6.07) is 13.1. The van der Waals surface area contributed by atoms with Crippen molar-refractivity contribution in [2.75, 3.05) is 0 Å². The van der Waals surface area contributed by atoms with Gasteiger partial charge in [0, 0.05) is 10.5 Å². The topological polar surface area (TPSA) is 26.0 Å². The van der Waals surface area contributed by atoms with Crippen LogP contribution in [0.2, 0.25) is 0 Å².